The number of carbonyl (C=O) groups excluding carboxylic acids is 1. The van der Waals surface area contributed by atoms with Crippen molar-refractivity contribution >= 4 is 11.9 Å². The van der Waals surface area contributed by atoms with Crippen LogP contribution in [0.5, 0.6) is 11.5 Å². The number of hydrogen-bond acceptors (Lipinski definition) is 4. The lowest BCUT2D eigenvalue weighted by Gasteiger charge is -2.07. The Kier molecular flexibility index (Phi) is 4.20. The molecule has 0 unspecified atom stereocenters. The number of ketones is 1. The Morgan fingerprint density at radius 1 is 1.20 bits per heavy atom. The molecule has 0 radical (unpaired) electrons. The van der Waals surface area contributed by atoms with Gasteiger partial charge >= 0.3 is 0 Å². The van der Waals surface area contributed by atoms with Crippen LogP contribution in [0.15, 0.2) is 36.5 Å². The van der Waals surface area contributed by atoms with Gasteiger partial charge in [0.25, 0.3) is 0 Å². The third-order valence-corrected chi connectivity index (χ3v) is 2.91. The maximum atomic E-state index is 12.0. The molecule has 0 atom stereocenters. The fourth-order valence-corrected chi connectivity index (χ4v) is 1.83. The molecule has 0 aliphatic heterocycles. The van der Waals surface area contributed by atoms with Gasteiger partial charge in [0.1, 0.15) is 5.69 Å². The van der Waals surface area contributed by atoms with Gasteiger partial charge in [0, 0.05) is 13.2 Å². The van der Waals surface area contributed by atoms with Crippen molar-refractivity contribution < 1.29 is 14.3 Å². The summed E-state index contributed by atoms with van der Waals surface area (Å²) in [6.45, 7) is 0. The third-order valence-electron chi connectivity index (χ3n) is 2.91. The summed E-state index contributed by atoms with van der Waals surface area (Å²) in [4.78, 5) is 12.0. The molecule has 1 aromatic carbocycles. The van der Waals surface area contributed by atoms with E-state index >= 15 is 0 Å². The Hall–Kier alpha value is -2.56. The minimum atomic E-state index is -0.0974. The van der Waals surface area contributed by atoms with Crippen molar-refractivity contribution in [2.75, 3.05) is 14.2 Å². The monoisotopic (exact) mass is 272 g/mol. The third kappa shape index (κ3) is 2.88. The average molecular weight is 272 g/mol. The molecular weight excluding hydrogens is 256 g/mol. The molecule has 0 N–H and O–H groups in total. The summed E-state index contributed by atoms with van der Waals surface area (Å²) >= 11 is 0. The van der Waals surface area contributed by atoms with Gasteiger partial charge in [-0.2, -0.15) is 5.10 Å². The molecule has 0 fully saturated rings. The van der Waals surface area contributed by atoms with E-state index in [1.165, 1.54) is 6.08 Å². The summed E-state index contributed by atoms with van der Waals surface area (Å²) in [5, 5.41) is 3.97. The van der Waals surface area contributed by atoms with Crippen molar-refractivity contribution in [3.63, 3.8) is 0 Å². The van der Waals surface area contributed by atoms with Gasteiger partial charge in [-0.1, -0.05) is 12.1 Å². The molecule has 0 aliphatic carbocycles. The van der Waals surface area contributed by atoms with Gasteiger partial charge in [0.15, 0.2) is 11.5 Å². The SMILES string of the molecule is COc1ccc(/C=C/C(=O)c2ccnn2C)cc1OC. The van der Waals surface area contributed by atoms with E-state index < -0.39 is 0 Å². The van der Waals surface area contributed by atoms with Crippen LogP contribution in [0.1, 0.15) is 16.1 Å². The van der Waals surface area contributed by atoms with E-state index in [9.17, 15) is 4.79 Å². The Balaban J connectivity index is 2.19. The Morgan fingerprint density at radius 3 is 2.55 bits per heavy atom. The molecule has 20 heavy (non-hydrogen) atoms. The Bertz CT molecular complexity index is 644. The van der Waals surface area contributed by atoms with E-state index in [1.54, 1.807) is 50.4 Å². The van der Waals surface area contributed by atoms with E-state index in [2.05, 4.69) is 5.10 Å². The van der Waals surface area contributed by atoms with Gasteiger partial charge in [0.2, 0.25) is 5.78 Å². The molecule has 0 aliphatic rings. The lowest BCUT2D eigenvalue weighted by Crippen LogP contribution is -2.03. The summed E-state index contributed by atoms with van der Waals surface area (Å²) in [7, 11) is 4.89. The summed E-state index contributed by atoms with van der Waals surface area (Å²) < 4.78 is 11.9. The number of rotatable bonds is 5. The molecule has 5 heteroatoms. The first-order chi connectivity index (χ1) is 9.65. The zero-order valence-electron chi connectivity index (χ0n) is 11.7. The molecule has 1 heterocycles. The van der Waals surface area contributed by atoms with Crippen LogP contribution in [0.3, 0.4) is 0 Å². The van der Waals surface area contributed by atoms with E-state index in [0.717, 1.165) is 5.56 Å². The highest BCUT2D eigenvalue weighted by molar-refractivity contribution is 6.05. The average Bonchev–Trinajstić information content (AvgIpc) is 2.90. The molecule has 1 aromatic heterocycles. The molecule has 0 saturated carbocycles. The van der Waals surface area contributed by atoms with Gasteiger partial charge in [0.05, 0.1) is 14.2 Å². The van der Waals surface area contributed by atoms with Gasteiger partial charge in [-0.15, -0.1) is 0 Å². The number of allylic oxidation sites excluding steroid dienone is 1. The minimum Gasteiger partial charge on any atom is -0.493 e. The summed E-state index contributed by atoms with van der Waals surface area (Å²) in [6, 6.07) is 7.15. The van der Waals surface area contributed by atoms with E-state index in [0.29, 0.717) is 17.2 Å². The van der Waals surface area contributed by atoms with Crippen LogP contribution in [0.25, 0.3) is 6.08 Å². The zero-order valence-corrected chi connectivity index (χ0v) is 11.7. The fourth-order valence-electron chi connectivity index (χ4n) is 1.83. The minimum absolute atomic E-state index is 0.0974. The van der Waals surface area contributed by atoms with Crippen molar-refractivity contribution in [1.29, 1.82) is 0 Å². The number of benzene rings is 1. The van der Waals surface area contributed by atoms with Crippen LogP contribution < -0.4 is 9.47 Å². The molecule has 5 nitrogen and oxygen atoms in total. The predicted molar refractivity (Wildman–Crippen MR) is 76.1 cm³/mol. The Morgan fingerprint density at radius 2 is 1.95 bits per heavy atom. The van der Waals surface area contributed by atoms with Gasteiger partial charge < -0.3 is 9.47 Å². The smallest absolute Gasteiger partial charge is 0.203 e. The Labute approximate surface area is 117 Å². The molecule has 0 spiro atoms. The largest absolute Gasteiger partial charge is 0.493 e. The quantitative estimate of drug-likeness (QED) is 0.619. The molecule has 104 valence electrons. The lowest BCUT2D eigenvalue weighted by molar-refractivity contribution is 0.103. The second-order valence-electron chi connectivity index (χ2n) is 4.15. The number of aryl methyl sites for hydroxylation is 1. The van der Waals surface area contributed by atoms with E-state index in [-0.39, 0.29) is 5.78 Å². The summed E-state index contributed by atoms with van der Waals surface area (Å²) in [5.74, 6) is 1.19. The number of nitrogens with zero attached hydrogens (tertiary/aromatic N) is 2. The maximum Gasteiger partial charge on any atom is 0.203 e. The number of carbonyl (C=O) groups is 1. The van der Waals surface area contributed by atoms with Crippen LogP contribution in [-0.2, 0) is 7.05 Å². The topological polar surface area (TPSA) is 53.3 Å². The fraction of sp³-hybridized carbons (Fsp3) is 0.200. The standard InChI is InChI=1S/C15H16N2O3/c1-17-12(8-9-16-17)13(18)6-4-11-5-7-14(19-2)15(10-11)20-3/h4-10H,1-3H3/b6-4+. The predicted octanol–water partition coefficient (Wildman–Crippen LogP) is 2.33. The van der Waals surface area contributed by atoms with Crippen molar-refractivity contribution in [2.24, 2.45) is 7.05 Å². The molecule has 0 bridgehead atoms. The van der Waals surface area contributed by atoms with Gasteiger partial charge in [-0.05, 0) is 29.8 Å². The summed E-state index contributed by atoms with van der Waals surface area (Å²) in [6.07, 6.45) is 4.84. The normalized spacial score (nSPS) is 10.8. The van der Waals surface area contributed by atoms with Crippen molar-refractivity contribution in [3.05, 3.63) is 47.8 Å². The van der Waals surface area contributed by atoms with Crippen LogP contribution in [-0.4, -0.2) is 29.8 Å². The van der Waals surface area contributed by atoms with Crippen LogP contribution >= 0.6 is 0 Å². The molecule has 0 saturated heterocycles. The first kappa shape index (κ1) is 13.9. The van der Waals surface area contributed by atoms with Crippen molar-refractivity contribution in [1.82, 2.24) is 9.78 Å². The first-order valence-electron chi connectivity index (χ1n) is 6.08. The van der Waals surface area contributed by atoms with E-state index in [1.807, 2.05) is 12.1 Å². The zero-order chi connectivity index (χ0) is 14.5. The van der Waals surface area contributed by atoms with Crippen LogP contribution in [0.2, 0.25) is 0 Å². The van der Waals surface area contributed by atoms with Crippen LogP contribution in [0.4, 0.5) is 0 Å². The van der Waals surface area contributed by atoms with Crippen LogP contribution in [0, 0.1) is 0 Å². The second kappa shape index (κ2) is 6.06. The maximum absolute atomic E-state index is 12.0. The highest BCUT2D eigenvalue weighted by Gasteiger charge is 2.06. The molecular formula is C15H16N2O3. The first-order valence-corrected chi connectivity index (χ1v) is 6.08. The molecule has 0 amide bonds. The number of hydrogen-bond donors (Lipinski definition) is 0. The molecule has 2 rings (SSSR count). The summed E-state index contributed by atoms with van der Waals surface area (Å²) in [5.41, 5.74) is 1.40. The number of methoxy groups -OCH3 is 2. The van der Waals surface area contributed by atoms with Gasteiger partial charge in [-0.3, -0.25) is 9.48 Å². The van der Waals surface area contributed by atoms with E-state index in [4.69, 9.17) is 9.47 Å². The van der Waals surface area contributed by atoms with Crippen molar-refractivity contribution in [2.45, 2.75) is 0 Å². The lowest BCUT2D eigenvalue weighted by atomic mass is 10.1. The number of ether oxygens (including phenoxy) is 2. The van der Waals surface area contributed by atoms with Gasteiger partial charge in [-0.25, -0.2) is 0 Å². The number of aromatic nitrogens is 2. The highest BCUT2D eigenvalue weighted by Crippen LogP contribution is 2.27. The molecule has 2 aromatic rings. The highest BCUT2D eigenvalue weighted by atomic mass is 16.5. The second-order valence-corrected chi connectivity index (χ2v) is 4.15. The van der Waals surface area contributed by atoms with Crippen molar-refractivity contribution in [3.8, 4) is 11.5 Å².